The van der Waals surface area contributed by atoms with Crippen LogP contribution < -0.4 is 10.1 Å². The maximum Gasteiger partial charge on any atom is 0.311 e. The fourth-order valence-electron chi connectivity index (χ4n) is 4.10. The van der Waals surface area contributed by atoms with E-state index in [1.165, 1.54) is 0 Å². The van der Waals surface area contributed by atoms with Gasteiger partial charge in [-0.2, -0.15) is 0 Å². The summed E-state index contributed by atoms with van der Waals surface area (Å²) in [7, 11) is 0. The van der Waals surface area contributed by atoms with Gasteiger partial charge in [0.1, 0.15) is 17.1 Å². The lowest BCUT2D eigenvalue weighted by molar-refractivity contribution is -0.159. The fourth-order valence-corrected chi connectivity index (χ4v) is 4.10. The van der Waals surface area contributed by atoms with Crippen LogP contribution in [0.2, 0.25) is 0 Å². The van der Waals surface area contributed by atoms with Crippen LogP contribution >= 0.6 is 0 Å². The summed E-state index contributed by atoms with van der Waals surface area (Å²) in [6.07, 6.45) is 0.664. The number of carbonyl (C=O) groups excluding carboxylic acids is 1. The average Bonchev–Trinajstić information content (AvgIpc) is 3.41. The monoisotopic (exact) mass is 448 g/mol. The third kappa shape index (κ3) is 5.82. The first kappa shape index (κ1) is 23.1. The molecule has 1 saturated heterocycles. The molecule has 2 aromatic carbocycles. The number of oxazole rings is 1. The number of hydrogen-bond acceptors (Lipinski definition) is 6. The number of ether oxygens (including phenoxy) is 2. The number of aromatic nitrogens is 1. The molecule has 2 heterocycles. The van der Waals surface area contributed by atoms with E-state index < -0.39 is 5.60 Å². The zero-order chi connectivity index (χ0) is 23.4. The van der Waals surface area contributed by atoms with E-state index >= 15 is 0 Å². The Morgan fingerprint density at radius 3 is 2.52 bits per heavy atom. The lowest BCUT2D eigenvalue weighted by Gasteiger charge is -2.24. The smallest absolute Gasteiger partial charge is 0.311 e. The Hall–Kier alpha value is -3.12. The van der Waals surface area contributed by atoms with Crippen LogP contribution in [0.1, 0.15) is 43.7 Å². The molecular formula is C27H32N2O4. The number of benzene rings is 2. The minimum atomic E-state index is -0.480. The van der Waals surface area contributed by atoms with Gasteiger partial charge >= 0.3 is 5.97 Å². The molecule has 6 nitrogen and oxygen atoms in total. The molecular weight excluding hydrogens is 416 g/mol. The van der Waals surface area contributed by atoms with E-state index in [0.717, 1.165) is 34.9 Å². The van der Waals surface area contributed by atoms with Crippen molar-refractivity contribution in [3.8, 4) is 17.2 Å². The zero-order valence-corrected chi connectivity index (χ0v) is 19.8. The summed E-state index contributed by atoms with van der Waals surface area (Å²) >= 11 is 0. The lowest BCUT2D eigenvalue weighted by atomic mass is 9.89. The van der Waals surface area contributed by atoms with E-state index in [2.05, 4.69) is 10.3 Å². The topological polar surface area (TPSA) is 73.6 Å². The van der Waals surface area contributed by atoms with E-state index in [1.807, 2.05) is 82.3 Å². The number of nitrogens with one attached hydrogen (secondary N) is 1. The second-order valence-electron chi connectivity index (χ2n) is 9.46. The quantitative estimate of drug-likeness (QED) is 0.518. The molecule has 6 heteroatoms. The van der Waals surface area contributed by atoms with Crippen molar-refractivity contribution in [1.82, 2.24) is 10.3 Å². The van der Waals surface area contributed by atoms with Crippen molar-refractivity contribution in [3.05, 3.63) is 71.6 Å². The van der Waals surface area contributed by atoms with Crippen molar-refractivity contribution in [1.29, 1.82) is 0 Å². The highest BCUT2D eigenvalue weighted by atomic mass is 16.6. The molecule has 33 heavy (non-hydrogen) atoms. The second-order valence-corrected chi connectivity index (χ2v) is 9.46. The summed E-state index contributed by atoms with van der Waals surface area (Å²) < 4.78 is 17.4. The molecule has 3 aromatic rings. The number of esters is 1. The van der Waals surface area contributed by atoms with E-state index in [-0.39, 0.29) is 17.8 Å². The Balaban J connectivity index is 1.33. The molecule has 0 bridgehead atoms. The molecule has 1 fully saturated rings. The third-order valence-corrected chi connectivity index (χ3v) is 5.75. The lowest BCUT2D eigenvalue weighted by Crippen LogP contribution is -2.31. The van der Waals surface area contributed by atoms with Crippen LogP contribution in [0.15, 0.2) is 59.0 Å². The van der Waals surface area contributed by atoms with E-state index in [4.69, 9.17) is 13.9 Å². The molecule has 1 aliphatic heterocycles. The first-order chi connectivity index (χ1) is 15.8. The average molecular weight is 449 g/mol. The molecule has 1 N–H and O–H groups in total. The number of carbonyl (C=O) groups is 1. The molecule has 0 radical (unpaired) electrons. The highest BCUT2D eigenvalue weighted by Crippen LogP contribution is 2.31. The van der Waals surface area contributed by atoms with Crippen LogP contribution in [0.3, 0.4) is 0 Å². The Kier molecular flexibility index (Phi) is 6.84. The van der Waals surface area contributed by atoms with Crippen LogP contribution in [0.4, 0.5) is 0 Å². The van der Waals surface area contributed by atoms with Gasteiger partial charge in [-0.25, -0.2) is 4.98 Å². The molecule has 174 valence electrons. The summed E-state index contributed by atoms with van der Waals surface area (Å²) in [5, 5.41) is 3.33. The summed E-state index contributed by atoms with van der Waals surface area (Å²) in [5.41, 5.74) is 2.51. The summed E-state index contributed by atoms with van der Waals surface area (Å²) in [6.45, 7) is 9.54. The number of hydrogen-bond donors (Lipinski definition) is 1. The Bertz CT molecular complexity index is 1070. The molecule has 0 unspecified atom stereocenters. The second kappa shape index (κ2) is 9.79. The fraction of sp³-hybridized carbons (Fsp3) is 0.407. The van der Waals surface area contributed by atoms with Crippen LogP contribution in [-0.2, 0) is 16.0 Å². The van der Waals surface area contributed by atoms with Gasteiger partial charge in [-0.3, -0.25) is 4.79 Å². The van der Waals surface area contributed by atoms with Crippen molar-refractivity contribution in [2.24, 2.45) is 5.92 Å². The van der Waals surface area contributed by atoms with Gasteiger partial charge in [-0.15, -0.1) is 0 Å². The Morgan fingerprint density at radius 2 is 1.82 bits per heavy atom. The maximum absolute atomic E-state index is 12.6. The SMILES string of the molecule is Cc1oc(-c2ccccc2)nc1CCOc1ccc([C@H]2CNC[C@H]2C(=O)OC(C)(C)C)cc1. The largest absolute Gasteiger partial charge is 0.493 e. The van der Waals surface area contributed by atoms with E-state index in [9.17, 15) is 4.79 Å². The highest BCUT2D eigenvalue weighted by molar-refractivity contribution is 5.75. The normalized spacial score (nSPS) is 18.3. The maximum atomic E-state index is 12.6. The van der Waals surface area contributed by atoms with Crippen LogP contribution in [-0.4, -0.2) is 36.3 Å². The molecule has 0 aliphatic carbocycles. The van der Waals surface area contributed by atoms with Crippen molar-refractivity contribution in [2.75, 3.05) is 19.7 Å². The van der Waals surface area contributed by atoms with Gasteiger partial charge in [0.05, 0.1) is 18.2 Å². The summed E-state index contributed by atoms with van der Waals surface area (Å²) in [4.78, 5) is 17.2. The van der Waals surface area contributed by atoms with E-state index in [0.29, 0.717) is 25.5 Å². The van der Waals surface area contributed by atoms with Gasteiger partial charge in [-0.1, -0.05) is 30.3 Å². The number of aryl methyl sites for hydroxylation is 1. The Morgan fingerprint density at radius 1 is 1.09 bits per heavy atom. The van der Waals surface area contributed by atoms with E-state index in [1.54, 1.807) is 0 Å². The molecule has 0 spiro atoms. The summed E-state index contributed by atoms with van der Waals surface area (Å²) in [5.74, 6) is 2.03. The van der Waals surface area contributed by atoms with Gasteiger partial charge in [0.15, 0.2) is 0 Å². The van der Waals surface area contributed by atoms with Gasteiger partial charge in [0.25, 0.3) is 0 Å². The number of nitrogens with zero attached hydrogens (tertiary/aromatic N) is 1. The highest BCUT2D eigenvalue weighted by Gasteiger charge is 2.36. The molecule has 0 amide bonds. The standard InChI is InChI=1S/C27H32N2O4/c1-18-24(29-25(32-18)20-8-6-5-7-9-20)14-15-31-21-12-10-19(11-13-21)22-16-28-17-23(22)26(30)33-27(2,3)4/h5-13,22-23,28H,14-17H2,1-4H3/t22-,23-/m1/s1. The van der Waals surface area contributed by atoms with Crippen molar-refractivity contribution >= 4 is 5.97 Å². The minimum Gasteiger partial charge on any atom is -0.493 e. The zero-order valence-electron chi connectivity index (χ0n) is 19.8. The molecule has 1 aliphatic rings. The van der Waals surface area contributed by atoms with Crippen LogP contribution in [0.25, 0.3) is 11.5 Å². The number of rotatable bonds is 7. The molecule has 1 aromatic heterocycles. The molecule has 0 saturated carbocycles. The van der Waals surface area contributed by atoms with Gasteiger partial charge in [-0.05, 0) is 57.5 Å². The van der Waals surface area contributed by atoms with Crippen molar-refractivity contribution in [3.63, 3.8) is 0 Å². The van der Waals surface area contributed by atoms with Gasteiger partial charge < -0.3 is 19.2 Å². The predicted molar refractivity (Wildman–Crippen MR) is 127 cm³/mol. The molecule has 4 rings (SSSR count). The predicted octanol–water partition coefficient (Wildman–Crippen LogP) is 4.92. The van der Waals surface area contributed by atoms with Crippen molar-refractivity contribution in [2.45, 2.75) is 45.6 Å². The first-order valence-corrected chi connectivity index (χ1v) is 11.5. The van der Waals surface area contributed by atoms with Gasteiger partial charge in [0, 0.05) is 31.0 Å². The molecule has 2 atom stereocenters. The Labute approximate surface area is 195 Å². The first-order valence-electron chi connectivity index (χ1n) is 11.5. The van der Waals surface area contributed by atoms with Crippen LogP contribution in [0, 0.1) is 12.8 Å². The van der Waals surface area contributed by atoms with Crippen LogP contribution in [0.5, 0.6) is 5.75 Å². The minimum absolute atomic E-state index is 0.100. The summed E-state index contributed by atoms with van der Waals surface area (Å²) in [6, 6.07) is 17.9. The third-order valence-electron chi connectivity index (χ3n) is 5.75. The van der Waals surface area contributed by atoms with Crippen molar-refractivity contribution < 1.29 is 18.7 Å². The van der Waals surface area contributed by atoms with Gasteiger partial charge in [0.2, 0.25) is 5.89 Å².